The number of aliphatic hydroxyl groups excluding tert-OH is 1. The zero-order chi connectivity index (χ0) is 14.2. The quantitative estimate of drug-likeness (QED) is 0.827. The molecule has 0 radical (unpaired) electrons. The summed E-state index contributed by atoms with van der Waals surface area (Å²) in [5.41, 5.74) is 0.690. The van der Waals surface area contributed by atoms with Crippen molar-refractivity contribution < 1.29 is 14.3 Å². The van der Waals surface area contributed by atoms with Gasteiger partial charge in [-0.05, 0) is 24.3 Å². The summed E-state index contributed by atoms with van der Waals surface area (Å²) in [4.78, 5) is 15.8. The molecule has 0 atom stereocenters. The highest BCUT2D eigenvalue weighted by atomic mass is 16.3. The van der Waals surface area contributed by atoms with Crippen LogP contribution in [0, 0.1) is 11.8 Å². The molecule has 20 heavy (non-hydrogen) atoms. The molecule has 0 aromatic carbocycles. The molecule has 1 amide bonds. The van der Waals surface area contributed by atoms with Gasteiger partial charge in [0, 0.05) is 24.6 Å². The molecule has 0 saturated heterocycles. The van der Waals surface area contributed by atoms with Gasteiger partial charge < -0.3 is 14.8 Å². The number of hydrogen-bond acceptors (Lipinski definition) is 4. The maximum atomic E-state index is 11.8. The fourth-order valence-electron chi connectivity index (χ4n) is 1.62. The monoisotopic (exact) mass is 270 g/mol. The summed E-state index contributed by atoms with van der Waals surface area (Å²) in [5, 5.41) is 11.3. The van der Waals surface area contributed by atoms with E-state index >= 15 is 0 Å². The summed E-state index contributed by atoms with van der Waals surface area (Å²) in [6, 6.07) is 6.99. The topological polar surface area (TPSA) is 75.4 Å². The van der Waals surface area contributed by atoms with E-state index < -0.39 is 0 Å². The van der Waals surface area contributed by atoms with E-state index in [-0.39, 0.29) is 12.5 Å². The Morgan fingerprint density at radius 3 is 3.10 bits per heavy atom. The number of anilines is 1. The summed E-state index contributed by atoms with van der Waals surface area (Å²) < 4.78 is 5.16. The minimum Gasteiger partial charge on any atom is -0.469 e. The van der Waals surface area contributed by atoms with Crippen molar-refractivity contribution in [1.82, 2.24) is 4.98 Å². The zero-order valence-corrected chi connectivity index (χ0v) is 10.8. The second kappa shape index (κ2) is 7.12. The van der Waals surface area contributed by atoms with E-state index in [1.165, 1.54) is 0 Å². The van der Waals surface area contributed by atoms with Crippen LogP contribution in [0.5, 0.6) is 0 Å². The Morgan fingerprint density at radius 1 is 1.45 bits per heavy atom. The fraction of sp³-hybridized carbons (Fsp3) is 0.200. The van der Waals surface area contributed by atoms with Crippen molar-refractivity contribution >= 4 is 11.7 Å². The second-order valence-electron chi connectivity index (χ2n) is 4.02. The molecule has 0 aliphatic rings. The molecule has 5 heteroatoms. The van der Waals surface area contributed by atoms with E-state index in [2.05, 4.69) is 22.1 Å². The Hall–Kier alpha value is -2.58. The molecule has 0 fully saturated rings. The van der Waals surface area contributed by atoms with Crippen molar-refractivity contribution in [2.45, 2.75) is 12.8 Å². The van der Waals surface area contributed by atoms with E-state index in [0.29, 0.717) is 24.2 Å². The SMILES string of the molecule is O=C(CCc1ccco1)Nc1cc(C#CCO)ccn1. The third-order valence-electron chi connectivity index (χ3n) is 2.52. The van der Waals surface area contributed by atoms with Crippen LogP contribution in [0.1, 0.15) is 17.7 Å². The first-order valence-corrected chi connectivity index (χ1v) is 6.16. The number of aryl methyl sites for hydroxylation is 1. The van der Waals surface area contributed by atoms with Gasteiger partial charge in [0.25, 0.3) is 0 Å². The normalized spacial score (nSPS) is 9.65. The van der Waals surface area contributed by atoms with Gasteiger partial charge in [0.05, 0.1) is 6.26 Å². The summed E-state index contributed by atoms with van der Waals surface area (Å²) in [6.45, 7) is -0.201. The highest BCUT2D eigenvalue weighted by molar-refractivity contribution is 5.89. The van der Waals surface area contributed by atoms with E-state index in [1.54, 1.807) is 30.7 Å². The number of amides is 1. The number of rotatable bonds is 4. The van der Waals surface area contributed by atoms with Crippen molar-refractivity contribution in [2.24, 2.45) is 0 Å². The molecule has 2 aromatic rings. The molecule has 0 aliphatic heterocycles. The van der Waals surface area contributed by atoms with Gasteiger partial charge in [-0.2, -0.15) is 0 Å². The third-order valence-corrected chi connectivity index (χ3v) is 2.52. The average molecular weight is 270 g/mol. The average Bonchev–Trinajstić information content (AvgIpc) is 2.97. The second-order valence-corrected chi connectivity index (χ2v) is 4.02. The molecule has 102 valence electrons. The number of pyridine rings is 1. The smallest absolute Gasteiger partial charge is 0.225 e. The number of hydrogen-bond donors (Lipinski definition) is 2. The van der Waals surface area contributed by atoms with Crippen molar-refractivity contribution in [3.8, 4) is 11.8 Å². The Morgan fingerprint density at radius 2 is 2.35 bits per heavy atom. The van der Waals surface area contributed by atoms with Gasteiger partial charge in [-0.1, -0.05) is 11.8 Å². The molecule has 0 spiro atoms. The number of aliphatic hydroxyl groups is 1. The lowest BCUT2D eigenvalue weighted by atomic mass is 10.2. The highest BCUT2D eigenvalue weighted by Gasteiger charge is 2.05. The van der Waals surface area contributed by atoms with Crippen LogP contribution in [0.25, 0.3) is 0 Å². The first-order chi connectivity index (χ1) is 9.78. The Bertz CT molecular complexity index is 624. The van der Waals surface area contributed by atoms with Crippen LogP contribution in [0.4, 0.5) is 5.82 Å². The van der Waals surface area contributed by atoms with Gasteiger partial charge in [0.2, 0.25) is 5.91 Å². The molecule has 2 heterocycles. The number of carbonyl (C=O) groups is 1. The van der Waals surface area contributed by atoms with E-state index in [0.717, 1.165) is 5.76 Å². The molecule has 2 aromatic heterocycles. The Kier molecular flexibility index (Phi) is 4.93. The maximum absolute atomic E-state index is 11.8. The van der Waals surface area contributed by atoms with E-state index in [1.807, 2.05) is 6.07 Å². The van der Waals surface area contributed by atoms with Gasteiger partial charge in [0.1, 0.15) is 18.2 Å². The first kappa shape index (κ1) is 13.8. The number of aromatic nitrogens is 1. The van der Waals surface area contributed by atoms with Crippen molar-refractivity contribution in [3.63, 3.8) is 0 Å². The van der Waals surface area contributed by atoms with Crippen LogP contribution >= 0.6 is 0 Å². The van der Waals surface area contributed by atoms with Crippen LogP contribution in [-0.2, 0) is 11.2 Å². The summed E-state index contributed by atoms with van der Waals surface area (Å²) >= 11 is 0. The molecule has 2 rings (SSSR count). The van der Waals surface area contributed by atoms with Gasteiger partial charge in [-0.3, -0.25) is 4.79 Å². The van der Waals surface area contributed by atoms with Gasteiger partial charge >= 0.3 is 0 Å². The first-order valence-electron chi connectivity index (χ1n) is 6.16. The van der Waals surface area contributed by atoms with Crippen LogP contribution in [-0.4, -0.2) is 22.6 Å². The van der Waals surface area contributed by atoms with Crippen LogP contribution in [0.15, 0.2) is 41.1 Å². The largest absolute Gasteiger partial charge is 0.469 e. The molecular weight excluding hydrogens is 256 g/mol. The third kappa shape index (κ3) is 4.26. The maximum Gasteiger partial charge on any atom is 0.225 e. The molecule has 2 N–H and O–H groups in total. The van der Waals surface area contributed by atoms with Gasteiger partial charge in [-0.25, -0.2) is 4.98 Å². The lowest BCUT2D eigenvalue weighted by Crippen LogP contribution is -2.13. The Labute approximate surface area is 116 Å². The lowest BCUT2D eigenvalue weighted by Gasteiger charge is -2.03. The zero-order valence-electron chi connectivity index (χ0n) is 10.8. The molecule has 0 saturated carbocycles. The van der Waals surface area contributed by atoms with E-state index in [9.17, 15) is 4.79 Å². The highest BCUT2D eigenvalue weighted by Crippen LogP contribution is 2.08. The Balaban J connectivity index is 1.90. The van der Waals surface area contributed by atoms with Crippen molar-refractivity contribution in [2.75, 3.05) is 11.9 Å². The minimum atomic E-state index is -0.201. The molecule has 0 bridgehead atoms. The van der Waals surface area contributed by atoms with Crippen LogP contribution in [0.3, 0.4) is 0 Å². The van der Waals surface area contributed by atoms with Crippen molar-refractivity contribution in [3.05, 3.63) is 48.0 Å². The molecular formula is C15H14N2O3. The van der Waals surface area contributed by atoms with Gasteiger partial charge in [-0.15, -0.1) is 0 Å². The molecule has 0 aliphatic carbocycles. The van der Waals surface area contributed by atoms with Crippen molar-refractivity contribution in [1.29, 1.82) is 0 Å². The molecule has 5 nitrogen and oxygen atoms in total. The van der Waals surface area contributed by atoms with Gasteiger partial charge in [0.15, 0.2) is 0 Å². The number of carbonyl (C=O) groups excluding carboxylic acids is 1. The predicted molar refractivity (Wildman–Crippen MR) is 73.9 cm³/mol. The lowest BCUT2D eigenvalue weighted by molar-refractivity contribution is -0.116. The predicted octanol–water partition coefficient (Wildman–Crippen LogP) is 1.59. The van der Waals surface area contributed by atoms with E-state index in [4.69, 9.17) is 9.52 Å². The van der Waals surface area contributed by atoms with Crippen LogP contribution in [0.2, 0.25) is 0 Å². The summed E-state index contributed by atoms with van der Waals surface area (Å²) in [7, 11) is 0. The number of nitrogens with zero attached hydrogens (tertiary/aromatic N) is 1. The number of nitrogens with one attached hydrogen (secondary N) is 1. The minimum absolute atomic E-state index is 0.138. The van der Waals surface area contributed by atoms with Crippen LogP contribution < -0.4 is 5.32 Å². The number of furan rings is 1. The standard InChI is InChI=1S/C15H14N2O3/c18-9-1-3-12-7-8-16-14(11-12)17-15(19)6-5-13-4-2-10-20-13/h2,4,7-8,10-11,18H,5-6,9H2,(H,16,17,19). The summed E-state index contributed by atoms with van der Waals surface area (Å²) in [5.74, 6) is 6.38. The molecule has 0 unspecified atom stereocenters. The summed E-state index contributed by atoms with van der Waals surface area (Å²) in [6.07, 6.45) is 4.01. The fourth-order valence-corrected chi connectivity index (χ4v) is 1.62.